The number of hydrogen-bond donors (Lipinski definition) is 3. The van der Waals surface area contributed by atoms with Gasteiger partial charge in [0.2, 0.25) is 5.91 Å². The molecule has 0 aromatic heterocycles. The molecule has 0 spiro atoms. The molecule has 1 aromatic carbocycles. The Morgan fingerprint density at radius 2 is 2.00 bits per heavy atom. The quantitative estimate of drug-likeness (QED) is 0.203. The second kappa shape index (κ2) is 10.8. The fraction of sp³-hybridized carbons (Fsp3) is 0.353. The lowest BCUT2D eigenvalue weighted by molar-refractivity contribution is -0.147. The van der Waals surface area contributed by atoms with Crippen molar-refractivity contribution >= 4 is 23.9 Å². The van der Waals surface area contributed by atoms with E-state index >= 15 is 0 Å². The Morgan fingerprint density at radius 3 is 2.62 bits per heavy atom. The van der Waals surface area contributed by atoms with Crippen LogP contribution in [0.1, 0.15) is 25.3 Å². The maximum atomic E-state index is 12.0. The maximum absolute atomic E-state index is 12.0. The van der Waals surface area contributed by atoms with Crippen molar-refractivity contribution in [1.29, 1.82) is 0 Å². The molecule has 1 amide bonds. The topological polar surface area (TPSA) is 120 Å². The second-order valence-electron chi connectivity index (χ2n) is 5.01. The summed E-state index contributed by atoms with van der Waals surface area (Å²) in [7, 11) is 0. The molecule has 1 aromatic rings. The minimum Gasteiger partial charge on any atom is -0.464 e. The lowest BCUT2D eigenvalue weighted by Gasteiger charge is -2.15. The van der Waals surface area contributed by atoms with E-state index in [1.807, 2.05) is 30.3 Å². The number of amides is 1. The summed E-state index contributed by atoms with van der Waals surface area (Å²) in [6.45, 7) is 2.35. The summed E-state index contributed by atoms with van der Waals surface area (Å²) in [5.74, 6) is -0.833. The Kier molecular flexibility index (Phi) is 8.67. The monoisotopic (exact) mass is 332 g/mol. The number of guanidine groups is 1. The first-order chi connectivity index (χ1) is 11.5. The summed E-state index contributed by atoms with van der Waals surface area (Å²) in [5.41, 5.74) is 11.4. The highest BCUT2D eigenvalue weighted by atomic mass is 16.5. The molecule has 7 nitrogen and oxygen atoms in total. The molecule has 0 saturated carbocycles. The third-order valence-electron chi connectivity index (χ3n) is 3.06. The van der Waals surface area contributed by atoms with Crippen molar-refractivity contribution in [2.45, 2.75) is 25.8 Å². The number of hydrogen-bond acceptors (Lipinski definition) is 4. The standard InChI is InChI=1S/C17H24N4O3/c1-2-24-16(23)14(9-6-12-20-17(18)19)21-15(22)11-10-13-7-4-3-5-8-13/h3-5,7-8,10-11,14H,2,6,9,12H2,1H3,(H,21,22)(H4,18,19,20)/t14-/m0/s1. The SMILES string of the molecule is CCOC(=O)[C@H](CCCN=C(N)N)NC(=O)C=Cc1ccccc1. The summed E-state index contributed by atoms with van der Waals surface area (Å²) in [6, 6.07) is 8.67. The molecule has 0 aliphatic rings. The summed E-state index contributed by atoms with van der Waals surface area (Å²) < 4.78 is 4.98. The molecule has 5 N–H and O–H groups in total. The molecule has 0 saturated heterocycles. The Labute approximate surface area is 141 Å². The van der Waals surface area contributed by atoms with E-state index in [4.69, 9.17) is 16.2 Å². The third-order valence-corrected chi connectivity index (χ3v) is 3.06. The number of nitrogens with one attached hydrogen (secondary N) is 1. The fourth-order valence-electron chi connectivity index (χ4n) is 1.95. The number of benzene rings is 1. The maximum Gasteiger partial charge on any atom is 0.328 e. The van der Waals surface area contributed by atoms with Crippen molar-refractivity contribution in [1.82, 2.24) is 5.32 Å². The first kappa shape index (κ1) is 19.2. The van der Waals surface area contributed by atoms with Gasteiger partial charge in [0, 0.05) is 12.6 Å². The Morgan fingerprint density at radius 1 is 1.29 bits per heavy atom. The average molecular weight is 332 g/mol. The number of ether oxygens (including phenoxy) is 1. The predicted molar refractivity (Wildman–Crippen MR) is 94.0 cm³/mol. The van der Waals surface area contributed by atoms with Crippen molar-refractivity contribution in [2.75, 3.05) is 13.2 Å². The first-order valence-electron chi connectivity index (χ1n) is 7.78. The number of carbonyl (C=O) groups excluding carboxylic acids is 2. The van der Waals surface area contributed by atoms with Gasteiger partial charge < -0.3 is 21.5 Å². The van der Waals surface area contributed by atoms with Gasteiger partial charge in [-0.15, -0.1) is 0 Å². The van der Waals surface area contributed by atoms with Gasteiger partial charge in [-0.1, -0.05) is 30.3 Å². The van der Waals surface area contributed by atoms with Crippen LogP contribution in [0, 0.1) is 0 Å². The summed E-state index contributed by atoms with van der Waals surface area (Å²) in [4.78, 5) is 27.8. The van der Waals surface area contributed by atoms with E-state index in [1.165, 1.54) is 6.08 Å². The lowest BCUT2D eigenvalue weighted by Crippen LogP contribution is -2.41. The molecule has 1 atom stereocenters. The van der Waals surface area contributed by atoms with E-state index in [2.05, 4.69) is 10.3 Å². The van der Waals surface area contributed by atoms with Crippen molar-refractivity contribution in [3.8, 4) is 0 Å². The van der Waals surface area contributed by atoms with Gasteiger partial charge >= 0.3 is 5.97 Å². The van der Waals surface area contributed by atoms with Crippen LogP contribution >= 0.6 is 0 Å². The molecule has 7 heteroatoms. The number of aliphatic imine (C=N–C) groups is 1. The number of carbonyl (C=O) groups is 2. The predicted octanol–water partition coefficient (Wildman–Crippen LogP) is 0.801. The van der Waals surface area contributed by atoms with Gasteiger partial charge in [-0.05, 0) is 31.4 Å². The number of esters is 1. The van der Waals surface area contributed by atoms with Crippen LogP contribution in [0.4, 0.5) is 0 Å². The van der Waals surface area contributed by atoms with E-state index in [0.29, 0.717) is 19.4 Å². The van der Waals surface area contributed by atoms with Gasteiger partial charge in [0.25, 0.3) is 0 Å². The molecule has 24 heavy (non-hydrogen) atoms. The lowest BCUT2D eigenvalue weighted by atomic mass is 10.1. The summed E-state index contributed by atoms with van der Waals surface area (Å²) >= 11 is 0. The van der Waals surface area contributed by atoms with E-state index < -0.39 is 12.0 Å². The highest BCUT2D eigenvalue weighted by Gasteiger charge is 2.20. The number of nitrogens with zero attached hydrogens (tertiary/aromatic N) is 1. The van der Waals surface area contributed by atoms with Gasteiger partial charge in [0.1, 0.15) is 6.04 Å². The van der Waals surface area contributed by atoms with Gasteiger partial charge in [-0.2, -0.15) is 0 Å². The largest absolute Gasteiger partial charge is 0.464 e. The van der Waals surface area contributed by atoms with Gasteiger partial charge in [-0.25, -0.2) is 4.79 Å². The van der Waals surface area contributed by atoms with Gasteiger partial charge in [0.05, 0.1) is 6.61 Å². The van der Waals surface area contributed by atoms with E-state index in [0.717, 1.165) is 5.56 Å². The van der Waals surface area contributed by atoms with Crippen LogP contribution in [0.5, 0.6) is 0 Å². The van der Waals surface area contributed by atoms with Gasteiger partial charge in [0.15, 0.2) is 5.96 Å². The molecule has 130 valence electrons. The van der Waals surface area contributed by atoms with Crippen molar-refractivity contribution in [3.05, 3.63) is 42.0 Å². The molecule has 0 aliphatic carbocycles. The zero-order valence-electron chi connectivity index (χ0n) is 13.8. The number of nitrogens with two attached hydrogens (primary N) is 2. The Hall–Kier alpha value is -2.83. The highest BCUT2D eigenvalue weighted by molar-refractivity contribution is 5.94. The van der Waals surface area contributed by atoms with Crippen LogP contribution in [0.15, 0.2) is 41.4 Å². The highest BCUT2D eigenvalue weighted by Crippen LogP contribution is 2.03. The van der Waals surface area contributed by atoms with E-state index in [-0.39, 0.29) is 18.5 Å². The Balaban J connectivity index is 2.59. The molecule has 0 fully saturated rings. The van der Waals surface area contributed by atoms with Crippen molar-refractivity contribution < 1.29 is 14.3 Å². The smallest absolute Gasteiger partial charge is 0.328 e. The second-order valence-corrected chi connectivity index (χ2v) is 5.01. The number of rotatable bonds is 9. The van der Waals surface area contributed by atoms with Crippen molar-refractivity contribution in [2.24, 2.45) is 16.5 Å². The van der Waals surface area contributed by atoms with Gasteiger partial charge in [-0.3, -0.25) is 9.79 Å². The minimum atomic E-state index is -0.730. The molecule has 0 bridgehead atoms. The normalized spacial score (nSPS) is 11.7. The zero-order valence-corrected chi connectivity index (χ0v) is 13.8. The summed E-state index contributed by atoms with van der Waals surface area (Å²) in [6.07, 6.45) is 4.00. The Bertz CT molecular complexity index is 581. The molecular weight excluding hydrogens is 308 g/mol. The molecule has 1 rings (SSSR count). The van der Waals surface area contributed by atoms with Crippen LogP contribution in [-0.2, 0) is 14.3 Å². The van der Waals surface area contributed by atoms with E-state index in [1.54, 1.807) is 13.0 Å². The van der Waals surface area contributed by atoms with Crippen LogP contribution in [-0.4, -0.2) is 37.0 Å². The molecule has 0 unspecified atom stereocenters. The molecule has 0 radical (unpaired) electrons. The minimum absolute atomic E-state index is 0.00230. The first-order valence-corrected chi connectivity index (χ1v) is 7.78. The van der Waals surface area contributed by atoms with Crippen molar-refractivity contribution in [3.63, 3.8) is 0 Å². The zero-order chi connectivity index (χ0) is 17.8. The molecule has 0 heterocycles. The van der Waals surface area contributed by atoms with Crippen LogP contribution in [0.3, 0.4) is 0 Å². The molecule has 0 aliphatic heterocycles. The van der Waals surface area contributed by atoms with Crippen LogP contribution in [0.25, 0.3) is 6.08 Å². The molecular formula is C17H24N4O3. The fourth-order valence-corrected chi connectivity index (χ4v) is 1.95. The van der Waals surface area contributed by atoms with Crippen LogP contribution in [0.2, 0.25) is 0 Å². The third kappa shape index (κ3) is 7.98. The van der Waals surface area contributed by atoms with Crippen LogP contribution < -0.4 is 16.8 Å². The average Bonchev–Trinajstić information content (AvgIpc) is 2.56. The summed E-state index contributed by atoms with van der Waals surface area (Å²) in [5, 5.41) is 2.65. The van der Waals surface area contributed by atoms with E-state index in [9.17, 15) is 9.59 Å².